The molecule has 116 valence electrons. The zero-order valence-corrected chi connectivity index (χ0v) is 12.3. The molecule has 1 heterocycles. The van der Waals surface area contributed by atoms with Crippen LogP contribution >= 0.6 is 0 Å². The van der Waals surface area contributed by atoms with Crippen LogP contribution in [0.1, 0.15) is 5.82 Å². The lowest BCUT2D eigenvalue weighted by atomic mass is 10.3. The maximum Gasteiger partial charge on any atom is 0.149 e. The minimum Gasteiger partial charge on any atom is -0.340 e. The van der Waals surface area contributed by atoms with E-state index in [-0.39, 0.29) is 5.69 Å². The molecule has 0 unspecified atom stereocenters. The van der Waals surface area contributed by atoms with Crippen LogP contribution in [-0.2, 0) is 0 Å². The highest BCUT2D eigenvalue weighted by molar-refractivity contribution is 5.63. The first-order valence-electron chi connectivity index (χ1n) is 7.00. The number of anilines is 4. The van der Waals surface area contributed by atoms with Gasteiger partial charge in [-0.1, -0.05) is 18.2 Å². The number of halogens is 2. The first-order valence-corrected chi connectivity index (χ1v) is 7.00. The summed E-state index contributed by atoms with van der Waals surface area (Å²) in [4.78, 5) is 8.50. The number of benzene rings is 2. The number of nitrogens with one attached hydrogen (secondary N) is 2. The largest absolute Gasteiger partial charge is 0.340 e. The quantitative estimate of drug-likeness (QED) is 0.742. The first-order chi connectivity index (χ1) is 11.1. The number of hydrogen-bond donors (Lipinski definition) is 2. The molecule has 0 atom stereocenters. The fourth-order valence-electron chi connectivity index (χ4n) is 2.09. The molecule has 0 fully saturated rings. The van der Waals surface area contributed by atoms with Crippen molar-refractivity contribution in [2.75, 3.05) is 10.6 Å². The molecule has 23 heavy (non-hydrogen) atoms. The third-order valence-electron chi connectivity index (χ3n) is 3.08. The summed E-state index contributed by atoms with van der Waals surface area (Å²) in [5.74, 6) is 0.211. The summed E-state index contributed by atoms with van der Waals surface area (Å²) in [6.45, 7) is 1.74. The van der Waals surface area contributed by atoms with Crippen molar-refractivity contribution in [3.8, 4) is 0 Å². The molecule has 0 amide bonds. The van der Waals surface area contributed by atoms with Gasteiger partial charge in [-0.05, 0) is 31.2 Å². The Kier molecular flexibility index (Phi) is 4.14. The van der Waals surface area contributed by atoms with Crippen LogP contribution in [0.4, 0.5) is 31.8 Å². The molecular formula is C17H14F2N4. The summed E-state index contributed by atoms with van der Waals surface area (Å²) >= 11 is 0. The van der Waals surface area contributed by atoms with E-state index in [1.165, 1.54) is 12.1 Å². The molecule has 6 heteroatoms. The smallest absolute Gasteiger partial charge is 0.149 e. The third kappa shape index (κ3) is 3.79. The topological polar surface area (TPSA) is 49.8 Å². The highest BCUT2D eigenvalue weighted by Gasteiger charge is 2.07. The Labute approximate surface area is 132 Å². The number of nitrogens with zero attached hydrogens (tertiary/aromatic N) is 2. The standard InChI is InChI=1S/C17H14F2N4/c1-11-20-16(22-13-5-3-2-4-6-13)10-17(21-11)23-15-8-7-12(18)9-14(15)19/h2-10H,1H3,(H2,20,21,22,23). The predicted octanol–water partition coefficient (Wildman–Crippen LogP) is 4.55. The predicted molar refractivity (Wildman–Crippen MR) is 86.1 cm³/mol. The Bertz CT molecular complexity index is 822. The van der Waals surface area contributed by atoms with Gasteiger partial charge in [0.15, 0.2) is 0 Å². The Morgan fingerprint density at radius 2 is 1.52 bits per heavy atom. The lowest BCUT2D eigenvalue weighted by molar-refractivity contribution is 0.586. The molecule has 3 rings (SSSR count). The Morgan fingerprint density at radius 1 is 0.826 bits per heavy atom. The van der Waals surface area contributed by atoms with E-state index in [4.69, 9.17) is 0 Å². The SMILES string of the molecule is Cc1nc(Nc2ccccc2)cc(Nc2ccc(F)cc2F)n1. The number of aryl methyl sites for hydroxylation is 1. The number of hydrogen-bond acceptors (Lipinski definition) is 4. The second-order valence-corrected chi connectivity index (χ2v) is 4.93. The summed E-state index contributed by atoms with van der Waals surface area (Å²) in [5.41, 5.74) is 1.03. The van der Waals surface area contributed by atoms with Crippen molar-refractivity contribution in [3.05, 3.63) is 72.1 Å². The van der Waals surface area contributed by atoms with Crippen molar-refractivity contribution >= 4 is 23.0 Å². The van der Waals surface area contributed by atoms with Gasteiger partial charge in [0.2, 0.25) is 0 Å². The molecule has 2 aromatic carbocycles. The van der Waals surface area contributed by atoms with E-state index in [0.29, 0.717) is 17.5 Å². The molecule has 3 aromatic rings. The van der Waals surface area contributed by atoms with E-state index >= 15 is 0 Å². The summed E-state index contributed by atoms with van der Waals surface area (Å²) in [6, 6.07) is 14.5. The van der Waals surface area contributed by atoms with Gasteiger partial charge in [-0.15, -0.1) is 0 Å². The van der Waals surface area contributed by atoms with Crippen LogP contribution in [0, 0.1) is 18.6 Å². The van der Waals surface area contributed by atoms with Crippen LogP contribution in [0.25, 0.3) is 0 Å². The third-order valence-corrected chi connectivity index (χ3v) is 3.08. The van der Waals surface area contributed by atoms with Crippen LogP contribution in [-0.4, -0.2) is 9.97 Å². The monoisotopic (exact) mass is 312 g/mol. The summed E-state index contributed by atoms with van der Waals surface area (Å²) in [7, 11) is 0. The molecule has 4 nitrogen and oxygen atoms in total. The van der Waals surface area contributed by atoms with E-state index < -0.39 is 11.6 Å². The van der Waals surface area contributed by atoms with Gasteiger partial charge in [0.1, 0.15) is 29.1 Å². The van der Waals surface area contributed by atoms with Crippen molar-refractivity contribution in [1.82, 2.24) is 9.97 Å². The van der Waals surface area contributed by atoms with E-state index in [2.05, 4.69) is 20.6 Å². The van der Waals surface area contributed by atoms with Gasteiger partial charge in [-0.25, -0.2) is 18.7 Å². The van der Waals surface area contributed by atoms with E-state index in [1.807, 2.05) is 30.3 Å². The second kappa shape index (κ2) is 6.39. The highest BCUT2D eigenvalue weighted by atomic mass is 19.1. The van der Waals surface area contributed by atoms with Gasteiger partial charge in [-0.3, -0.25) is 0 Å². The fraction of sp³-hybridized carbons (Fsp3) is 0.0588. The fourth-order valence-corrected chi connectivity index (χ4v) is 2.09. The maximum absolute atomic E-state index is 13.7. The van der Waals surface area contributed by atoms with Crippen LogP contribution < -0.4 is 10.6 Å². The summed E-state index contributed by atoms with van der Waals surface area (Å²) in [6.07, 6.45) is 0. The van der Waals surface area contributed by atoms with E-state index in [9.17, 15) is 8.78 Å². The molecule has 1 aromatic heterocycles. The average molecular weight is 312 g/mol. The van der Waals surface area contributed by atoms with Gasteiger partial charge >= 0.3 is 0 Å². The normalized spacial score (nSPS) is 10.4. The van der Waals surface area contributed by atoms with Crippen LogP contribution in [0.3, 0.4) is 0 Å². The van der Waals surface area contributed by atoms with Crippen LogP contribution in [0.15, 0.2) is 54.6 Å². The molecule has 0 bridgehead atoms. The highest BCUT2D eigenvalue weighted by Crippen LogP contribution is 2.22. The molecule has 0 radical (unpaired) electrons. The average Bonchev–Trinajstić information content (AvgIpc) is 2.50. The Hall–Kier alpha value is -3.02. The first kappa shape index (κ1) is 14.9. The molecule has 0 aliphatic heterocycles. The molecular weight excluding hydrogens is 298 g/mol. The molecule has 0 saturated heterocycles. The van der Waals surface area contributed by atoms with E-state index in [1.54, 1.807) is 13.0 Å². The van der Waals surface area contributed by atoms with Gasteiger partial charge in [-0.2, -0.15) is 0 Å². The lowest BCUT2D eigenvalue weighted by Crippen LogP contribution is -2.02. The molecule has 2 N–H and O–H groups in total. The van der Waals surface area contributed by atoms with Crippen molar-refractivity contribution in [2.45, 2.75) is 6.92 Å². The molecule has 0 aliphatic carbocycles. The van der Waals surface area contributed by atoms with Crippen molar-refractivity contribution in [2.24, 2.45) is 0 Å². The zero-order chi connectivity index (χ0) is 16.2. The van der Waals surface area contributed by atoms with Crippen molar-refractivity contribution < 1.29 is 8.78 Å². The van der Waals surface area contributed by atoms with Crippen LogP contribution in [0.5, 0.6) is 0 Å². The van der Waals surface area contributed by atoms with Crippen LogP contribution in [0.2, 0.25) is 0 Å². The van der Waals surface area contributed by atoms with E-state index in [0.717, 1.165) is 11.8 Å². The Balaban J connectivity index is 1.85. The minimum absolute atomic E-state index is 0.148. The molecule has 0 saturated carbocycles. The van der Waals surface area contributed by atoms with Gasteiger partial charge in [0.05, 0.1) is 5.69 Å². The van der Waals surface area contributed by atoms with Crippen molar-refractivity contribution in [3.63, 3.8) is 0 Å². The number of aromatic nitrogens is 2. The Morgan fingerprint density at radius 3 is 2.22 bits per heavy atom. The van der Waals surface area contributed by atoms with Gasteiger partial charge in [0.25, 0.3) is 0 Å². The second-order valence-electron chi connectivity index (χ2n) is 4.93. The van der Waals surface area contributed by atoms with Gasteiger partial charge in [0, 0.05) is 17.8 Å². The number of para-hydroxylation sites is 1. The number of rotatable bonds is 4. The molecule has 0 aliphatic rings. The van der Waals surface area contributed by atoms with Crippen molar-refractivity contribution in [1.29, 1.82) is 0 Å². The molecule has 0 spiro atoms. The lowest BCUT2D eigenvalue weighted by Gasteiger charge is -2.11. The maximum atomic E-state index is 13.7. The summed E-state index contributed by atoms with van der Waals surface area (Å²) < 4.78 is 26.7. The minimum atomic E-state index is -0.682. The summed E-state index contributed by atoms with van der Waals surface area (Å²) in [5, 5.41) is 5.98. The van der Waals surface area contributed by atoms with Gasteiger partial charge < -0.3 is 10.6 Å². The zero-order valence-electron chi connectivity index (χ0n) is 12.3.